The van der Waals surface area contributed by atoms with Crippen LogP contribution in [0.5, 0.6) is 11.5 Å². The zero-order chi connectivity index (χ0) is 24.0. The van der Waals surface area contributed by atoms with E-state index in [0.29, 0.717) is 41.4 Å². The number of hydrogen-bond acceptors (Lipinski definition) is 6. The van der Waals surface area contributed by atoms with Crippen molar-refractivity contribution in [3.05, 3.63) is 65.0 Å². The Kier molecular flexibility index (Phi) is 8.11. The van der Waals surface area contributed by atoms with Crippen molar-refractivity contribution < 1.29 is 28.5 Å². The molecule has 3 rings (SSSR count). The summed E-state index contributed by atoms with van der Waals surface area (Å²) in [4.78, 5) is 16.0. The Labute approximate surface area is 194 Å². The average molecular weight is 454 g/mol. The van der Waals surface area contributed by atoms with E-state index in [1.165, 1.54) is 12.7 Å². The summed E-state index contributed by atoms with van der Waals surface area (Å²) in [6.45, 7) is 8.50. The average Bonchev–Trinajstić information content (AvgIpc) is 3.18. The Balaban J connectivity index is 1.70. The molecule has 0 saturated carbocycles. The monoisotopic (exact) mass is 453 g/mol. The summed E-state index contributed by atoms with van der Waals surface area (Å²) in [7, 11) is 1.54. The van der Waals surface area contributed by atoms with Gasteiger partial charge in [0.05, 0.1) is 7.11 Å². The zero-order valence-electron chi connectivity index (χ0n) is 19.8. The minimum atomic E-state index is -1.00. The second kappa shape index (κ2) is 11.0. The predicted molar refractivity (Wildman–Crippen MR) is 125 cm³/mol. The van der Waals surface area contributed by atoms with Gasteiger partial charge < -0.3 is 23.7 Å². The number of rotatable bonds is 11. The molecule has 0 aliphatic heterocycles. The van der Waals surface area contributed by atoms with Crippen LogP contribution in [0.2, 0.25) is 0 Å². The molecule has 1 aromatic heterocycles. The first-order valence-corrected chi connectivity index (χ1v) is 11.0. The Morgan fingerprint density at radius 3 is 2.48 bits per heavy atom. The van der Waals surface area contributed by atoms with E-state index in [9.17, 15) is 9.90 Å². The van der Waals surface area contributed by atoms with E-state index >= 15 is 0 Å². The summed E-state index contributed by atoms with van der Waals surface area (Å²) < 4.78 is 22.5. The van der Waals surface area contributed by atoms with Crippen molar-refractivity contribution in [1.82, 2.24) is 4.98 Å². The first kappa shape index (κ1) is 24.3. The maximum atomic E-state index is 11.4. The van der Waals surface area contributed by atoms with Crippen molar-refractivity contribution in [2.45, 2.75) is 52.7 Å². The van der Waals surface area contributed by atoms with Gasteiger partial charge in [0.2, 0.25) is 5.89 Å². The Morgan fingerprint density at radius 1 is 1.15 bits per heavy atom. The highest BCUT2D eigenvalue weighted by atomic mass is 16.5. The fourth-order valence-electron chi connectivity index (χ4n) is 3.45. The minimum absolute atomic E-state index is 0.202. The highest BCUT2D eigenvalue weighted by Gasteiger charge is 2.20. The first-order valence-electron chi connectivity index (χ1n) is 11.0. The largest absolute Gasteiger partial charge is 0.496 e. The van der Waals surface area contributed by atoms with Crippen LogP contribution in [0, 0.1) is 6.92 Å². The summed E-state index contributed by atoms with van der Waals surface area (Å²) in [6.07, 6.45) is -0.727. The van der Waals surface area contributed by atoms with Crippen LogP contribution in [0.25, 0.3) is 11.5 Å². The standard InChI is InChI=1S/C26H31NO6/c1-6-31-24(26(28)29)13-20-11-12-21(14-23(20)30-5)32-15-22-17(4)33-25(27-22)19-9-7-18(8-10-19)16(2)3/h7-12,14,16,24H,6,13,15H2,1-5H3,(H,28,29). The van der Waals surface area contributed by atoms with Gasteiger partial charge in [0.25, 0.3) is 0 Å². The summed E-state index contributed by atoms with van der Waals surface area (Å²) in [5.41, 5.74) is 3.62. The molecular formula is C26H31NO6. The maximum Gasteiger partial charge on any atom is 0.333 e. The van der Waals surface area contributed by atoms with Crippen molar-refractivity contribution in [2.24, 2.45) is 0 Å². The van der Waals surface area contributed by atoms with Crippen LogP contribution >= 0.6 is 0 Å². The molecule has 0 aliphatic carbocycles. The van der Waals surface area contributed by atoms with Crippen LogP contribution in [0.3, 0.4) is 0 Å². The number of oxazole rings is 1. The second-order valence-corrected chi connectivity index (χ2v) is 8.05. The van der Waals surface area contributed by atoms with Gasteiger partial charge >= 0.3 is 5.97 Å². The molecule has 0 aliphatic rings. The van der Waals surface area contributed by atoms with Gasteiger partial charge in [0.15, 0.2) is 6.10 Å². The number of ether oxygens (including phenoxy) is 3. The van der Waals surface area contributed by atoms with Gasteiger partial charge in [-0.05, 0) is 49.1 Å². The minimum Gasteiger partial charge on any atom is -0.496 e. The number of hydrogen-bond donors (Lipinski definition) is 1. The van der Waals surface area contributed by atoms with E-state index in [-0.39, 0.29) is 13.0 Å². The van der Waals surface area contributed by atoms with E-state index in [0.717, 1.165) is 11.1 Å². The summed E-state index contributed by atoms with van der Waals surface area (Å²) in [5, 5.41) is 9.34. The number of carboxylic acids is 1. The molecule has 3 aromatic rings. The highest BCUT2D eigenvalue weighted by molar-refractivity contribution is 5.73. The Bertz CT molecular complexity index is 1070. The molecule has 1 N–H and O–H groups in total. The van der Waals surface area contributed by atoms with Crippen LogP contribution < -0.4 is 9.47 Å². The van der Waals surface area contributed by atoms with Crippen LogP contribution in [0.4, 0.5) is 0 Å². The first-order chi connectivity index (χ1) is 15.8. The van der Waals surface area contributed by atoms with Crippen LogP contribution in [0.1, 0.15) is 49.3 Å². The van der Waals surface area contributed by atoms with Gasteiger partial charge in [-0.25, -0.2) is 9.78 Å². The lowest BCUT2D eigenvalue weighted by molar-refractivity contribution is -0.149. The molecular weight excluding hydrogens is 422 g/mol. The number of methoxy groups -OCH3 is 1. The van der Waals surface area contributed by atoms with Crippen LogP contribution in [-0.2, 0) is 22.6 Å². The van der Waals surface area contributed by atoms with Crippen molar-refractivity contribution in [3.63, 3.8) is 0 Å². The number of nitrogens with zero attached hydrogens (tertiary/aromatic N) is 1. The van der Waals surface area contributed by atoms with Crippen molar-refractivity contribution in [2.75, 3.05) is 13.7 Å². The third-order valence-electron chi connectivity index (χ3n) is 5.40. The van der Waals surface area contributed by atoms with Crippen LogP contribution in [-0.4, -0.2) is 35.9 Å². The molecule has 176 valence electrons. The number of aliphatic carboxylic acids is 1. The van der Waals surface area contributed by atoms with Crippen molar-refractivity contribution >= 4 is 5.97 Å². The van der Waals surface area contributed by atoms with Crippen molar-refractivity contribution in [3.8, 4) is 23.0 Å². The lowest BCUT2D eigenvalue weighted by Gasteiger charge is -2.15. The van der Waals surface area contributed by atoms with Gasteiger partial charge in [-0.3, -0.25) is 0 Å². The highest BCUT2D eigenvalue weighted by Crippen LogP contribution is 2.28. The fourth-order valence-corrected chi connectivity index (χ4v) is 3.45. The molecule has 33 heavy (non-hydrogen) atoms. The van der Waals surface area contributed by atoms with Gasteiger partial charge in [0.1, 0.15) is 29.6 Å². The summed E-state index contributed by atoms with van der Waals surface area (Å²) in [6, 6.07) is 13.5. The molecule has 0 bridgehead atoms. The smallest absolute Gasteiger partial charge is 0.333 e. The van der Waals surface area contributed by atoms with Gasteiger partial charge in [-0.15, -0.1) is 0 Å². The molecule has 0 amide bonds. The molecule has 7 heteroatoms. The van der Waals surface area contributed by atoms with Gasteiger partial charge in [0, 0.05) is 24.7 Å². The van der Waals surface area contributed by atoms with Gasteiger partial charge in [-0.1, -0.05) is 32.0 Å². The SMILES string of the molecule is CCOC(Cc1ccc(OCc2nc(-c3ccc(C(C)C)cc3)oc2C)cc1OC)C(=O)O. The normalized spacial score (nSPS) is 12.1. The Morgan fingerprint density at radius 2 is 1.88 bits per heavy atom. The topological polar surface area (TPSA) is 91.0 Å². The maximum absolute atomic E-state index is 11.4. The van der Waals surface area contributed by atoms with E-state index < -0.39 is 12.1 Å². The molecule has 1 unspecified atom stereocenters. The second-order valence-electron chi connectivity index (χ2n) is 8.05. The van der Waals surface area contributed by atoms with Crippen LogP contribution in [0.15, 0.2) is 46.9 Å². The van der Waals surface area contributed by atoms with Crippen molar-refractivity contribution in [1.29, 1.82) is 0 Å². The lowest BCUT2D eigenvalue weighted by atomic mass is 10.0. The summed E-state index contributed by atoms with van der Waals surface area (Å²) >= 11 is 0. The molecule has 2 aromatic carbocycles. The number of aromatic nitrogens is 1. The van der Waals surface area contributed by atoms with E-state index in [1.807, 2.05) is 19.1 Å². The quantitative estimate of drug-likeness (QED) is 0.416. The molecule has 0 saturated heterocycles. The molecule has 0 radical (unpaired) electrons. The molecule has 7 nitrogen and oxygen atoms in total. The third kappa shape index (κ3) is 6.14. The van der Waals surface area contributed by atoms with Gasteiger partial charge in [-0.2, -0.15) is 0 Å². The predicted octanol–water partition coefficient (Wildman–Crippen LogP) is 5.39. The number of carboxylic acid groups (broad SMARTS) is 1. The van der Waals surface area contributed by atoms with E-state index in [2.05, 4.69) is 31.0 Å². The van der Waals surface area contributed by atoms with E-state index in [4.69, 9.17) is 18.6 Å². The number of benzene rings is 2. The number of aryl methyl sites for hydroxylation is 1. The molecule has 0 spiro atoms. The molecule has 0 fully saturated rings. The Hall–Kier alpha value is -3.32. The third-order valence-corrected chi connectivity index (χ3v) is 5.40. The molecule has 1 atom stereocenters. The van der Waals surface area contributed by atoms with E-state index in [1.54, 1.807) is 25.1 Å². The molecule has 1 heterocycles. The number of carbonyl (C=O) groups is 1. The lowest BCUT2D eigenvalue weighted by Crippen LogP contribution is -2.26. The summed E-state index contributed by atoms with van der Waals surface area (Å²) in [5.74, 6) is 1.85. The zero-order valence-corrected chi connectivity index (χ0v) is 19.8. The fraction of sp³-hybridized carbons (Fsp3) is 0.385.